The molecule has 0 saturated carbocycles. The van der Waals surface area contributed by atoms with E-state index in [9.17, 15) is 0 Å². The molecular weight excluding hydrogens is 280 g/mol. The minimum Gasteiger partial charge on any atom is -0.378 e. The van der Waals surface area contributed by atoms with Gasteiger partial charge in [0.25, 0.3) is 0 Å². The van der Waals surface area contributed by atoms with E-state index in [4.69, 9.17) is 16.3 Å². The molecule has 1 aliphatic heterocycles. The maximum Gasteiger partial charge on any atom is 0.231 e. The van der Waals surface area contributed by atoms with Gasteiger partial charge in [0.2, 0.25) is 17.2 Å². The van der Waals surface area contributed by atoms with Gasteiger partial charge in [-0.25, -0.2) is 0 Å². The molecule has 20 heavy (non-hydrogen) atoms. The molecule has 1 aromatic heterocycles. The minimum atomic E-state index is 0.230. The summed E-state index contributed by atoms with van der Waals surface area (Å²) in [5, 5.41) is 0.230. The second-order valence-electron chi connectivity index (χ2n) is 5.03. The van der Waals surface area contributed by atoms with Gasteiger partial charge < -0.3 is 19.4 Å². The number of hydrogen-bond donors (Lipinski definition) is 0. The van der Waals surface area contributed by atoms with Crippen LogP contribution in [0.15, 0.2) is 0 Å². The number of aromatic nitrogens is 3. The molecule has 7 nitrogen and oxygen atoms in total. The van der Waals surface area contributed by atoms with Gasteiger partial charge in [-0.15, -0.1) is 0 Å². The minimum absolute atomic E-state index is 0.230. The zero-order valence-electron chi connectivity index (χ0n) is 12.2. The quantitative estimate of drug-likeness (QED) is 0.778. The van der Waals surface area contributed by atoms with Crippen LogP contribution in [0.1, 0.15) is 0 Å². The summed E-state index contributed by atoms with van der Waals surface area (Å²) in [5.74, 6) is 1.23. The molecule has 0 aliphatic carbocycles. The molecule has 8 heteroatoms. The SMILES string of the molecule is CN(C)CCN(C)c1nc(Cl)nc(N2CCOCC2)n1. The molecule has 1 aromatic rings. The normalized spacial score (nSPS) is 15.8. The van der Waals surface area contributed by atoms with Gasteiger partial charge in [0.1, 0.15) is 0 Å². The first kappa shape index (κ1) is 15.2. The van der Waals surface area contributed by atoms with Gasteiger partial charge in [0.15, 0.2) is 0 Å². The highest BCUT2D eigenvalue weighted by Gasteiger charge is 2.17. The number of hydrogen-bond acceptors (Lipinski definition) is 7. The van der Waals surface area contributed by atoms with Crippen molar-refractivity contribution in [2.24, 2.45) is 0 Å². The van der Waals surface area contributed by atoms with Gasteiger partial charge in [-0.2, -0.15) is 15.0 Å². The van der Waals surface area contributed by atoms with Crippen LogP contribution in [0.2, 0.25) is 5.28 Å². The van der Waals surface area contributed by atoms with Crippen LogP contribution >= 0.6 is 11.6 Å². The van der Waals surface area contributed by atoms with Crippen LogP contribution in [-0.4, -0.2) is 80.4 Å². The summed E-state index contributed by atoms with van der Waals surface area (Å²) in [6.45, 7) is 4.69. The van der Waals surface area contributed by atoms with Crippen molar-refractivity contribution in [2.45, 2.75) is 0 Å². The Morgan fingerprint density at radius 1 is 1.10 bits per heavy atom. The number of morpholine rings is 1. The van der Waals surface area contributed by atoms with E-state index in [1.807, 2.05) is 26.0 Å². The molecule has 0 radical (unpaired) electrons. The van der Waals surface area contributed by atoms with E-state index in [0.717, 1.165) is 26.2 Å². The molecule has 0 bridgehead atoms. The van der Waals surface area contributed by atoms with Gasteiger partial charge in [0.05, 0.1) is 13.2 Å². The highest BCUT2D eigenvalue weighted by molar-refractivity contribution is 6.28. The zero-order valence-corrected chi connectivity index (χ0v) is 13.0. The van der Waals surface area contributed by atoms with Crippen molar-refractivity contribution in [1.82, 2.24) is 19.9 Å². The van der Waals surface area contributed by atoms with E-state index < -0.39 is 0 Å². The van der Waals surface area contributed by atoms with E-state index >= 15 is 0 Å². The maximum atomic E-state index is 6.02. The third kappa shape index (κ3) is 4.16. The second kappa shape index (κ2) is 7.01. The lowest BCUT2D eigenvalue weighted by Crippen LogP contribution is -2.38. The van der Waals surface area contributed by atoms with Gasteiger partial charge in [0, 0.05) is 33.2 Å². The Morgan fingerprint density at radius 3 is 2.45 bits per heavy atom. The number of rotatable bonds is 5. The number of likely N-dealkylation sites (N-methyl/N-ethyl adjacent to an activating group) is 2. The van der Waals surface area contributed by atoms with Crippen molar-refractivity contribution in [3.05, 3.63) is 5.28 Å². The Kier molecular flexibility index (Phi) is 5.33. The molecule has 0 amide bonds. The van der Waals surface area contributed by atoms with Crippen LogP contribution in [0.4, 0.5) is 11.9 Å². The van der Waals surface area contributed by atoms with Crippen LogP contribution in [0.3, 0.4) is 0 Å². The fourth-order valence-electron chi connectivity index (χ4n) is 1.85. The fourth-order valence-corrected chi connectivity index (χ4v) is 2.01. The van der Waals surface area contributed by atoms with Crippen molar-refractivity contribution >= 4 is 23.5 Å². The predicted octanol–water partition coefficient (Wildman–Crippen LogP) is 0.359. The van der Waals surface area contributed by atoms with E-state index in [2.05, 4.69) is 24.8 Å². The van der Waals surface area contributed by atoms with E-state index in [1.54, 1.807) is 0 Å². The first-order valence-electron chi connectivity index (χ1n) is 6.66. The number of halogens is 1. The molecule has 2 rings (SSSR count). The summed E-state index contributed by atoms with van der Waals surface area (Å²) >= 11 is 6.02. The smallest absolute Gasteiger partial charge is 0.231 e. The second-order valence-corrected chi connectivity index (χ2v) is 5.37. The molecule has 1 saturated heterocycles. The molecule has 2 heterocycles. The first-order valence-corrected chi connectivity index (χ1v) is 7.04. The van der Waals surface area contributed by atoms with Gasteiger partial charge in [-0.3, -0.25) is 0 Å². The highest BCUT2D eigenvalue weighted by Crippen LogP contribution is 2.16. The Morgan fingerprint density at radius 2 is 1.80 bits per heavy atom. The van der Waals surface area contributed by atoms with Crippen molar-refractivity contribution in [2.75, 3.05) is 70.3 Å². The molecule has 0 atom stereocenters. The Labute approximate surface area is 124 Å². The molecule has 1 fully saturated rings. The van der Waals surface area contributed by atoms with Crippen molar-refractivity contribution < 1.29 is 4.74 Å². The Bertz CT molecular complexity index is 438. The first-order chi connectivity index (χ1) is 9.56. The van der Waals surface area contributed by atoms with Gasteiger partial charge in [-0.05, 0) is 25.7 Å². The van der Waals surface area contributed by atoms with Crippen molar-refractivity contribution in [3.8, 4) is 0 Å². The van der Waals surface area contributed by atoms with Crippen LogP contribution in [0.25, 0.3) is 0 Å². The van der Waals surface area contributed by atoms with E-state index in [0.29, 0.717) is 25.1 Å². The van der Waals surface area contributed by atoms with Crippen LogP contribution in [0, 0.1) is 0 Å². The van der Waals surface area contributed by atoms with Crippen molar-refractivity contribution in [3.63, 3.8) is 0 Å². The Balaban J connectivity index is 2.10. The third-order valence-corrected chi connectivity index (χ3v) is 3.27. The molecule has 112 valence electrons. The number of nitrogens with zero attached hydrogens (tertiary/aromatic N) is 6. The highest BCUT2D eigenvalue weighted by atomic mass is 35.5. The van der Waals surface area contributed by atoms with Crippen molar-refractivity contribution in [1.29, 1.82) is 0 Å². The molecule has 0 N–H and O–H groups in total. The molecule has 0 spiro atoms. The fraction of sp³-hybridized carbons (Fsp3) is 0.750. The van der Waals surface area contributed by atoms with Crippen LogP contribution < -0.4 is 9.80 Å². The largest absolute Gasteiger partial charge is 0.378 e. The van der Waals surface area contributed by atoms with E-state index in [-0.39, 0.29) is 5.28 Å². The summed E-state index contributed by atoms with van der Waals surface area (Å²) in [4.78, 5) is 19.1. The summed E-state index contributed by atoms with van der Waals surface area (Å²) in [6.07, 6.45) is 0. The summed E-state index contributed by atoms with van der Waals surface area (Å²) < 4.78 is 5.33. The molecule has 0 unspecified atom stereocenters. The van der Waals surface area contributed by atoms with Crippen LogP contribution in [-0.2, 0) is 4.74 Å². The summed E-state index contributed by atoms with van der Waals surface area (Å²) in [6, 6.07) is 0. The topological polar surface area (TPSA) is 57.6 Å². The number of ether oxygens (including phenoxy) is 1. The lowest BCUT2D eigenvalue weighted by atomic mass is 10.4. The Hall–Kier alpha value is -1.18. The average molecular weight is 301 g/mol. The summed E-state index contributed by atoms with van der Waals surface area (Å²) in [5.41, 5.74) is 0. The standard InChI is InChI=1S/C12H21ClN6O/c1-17(2)4-5-18(3)11-14-10(13)15-12(16-11)19-6-8-20-9-7-19/h4-9H2,1-3H3. The predicted molar refractivity (Wildman–Crippen MR) is 79.7 cm³/mol. The third-order valence-electron chi connectivity index (χ3n) is 3.10. The van der Waals surface area contributed by atoms with E-state index in [1.165, 1.54) is 0 Å². The molecule has 0 aromatic carbocycles. The average Bonchev–Trinajstić information content (AvgIpc) is 2.45. The number of anilines is 2. The monoisotopic (exact) mass is 300 g/mol. The maximum absolute atomic E-state index is 6.02. The molecular formula is C12H21ClN6O. The van der Waals surface area contributed by atoms with Crippen LogP contribution in [0.5, 0.6) is 0 Å². The molecule has 1 aliphatic rings. The van der Waals surface area contributed by atoms with Gasteiger partial charge in [-0.1, -0.05) is 0 Å². The van der Waals surface area contributed by atoms with Gasteiger partial charge >= 0.3 is 0 Å². The lowest BCUT2D eigenvalue weighted by Gasteiger charge is -2.27. The summed E-state index contributed by atoms with van der Waals surface area (Å²) in [7, 11) is 6.03. The lowest BCUT2D eigenvalue weighted by molar-refractivity contribution is 0.122. The zero-order chi connectivity index (χ0) is 14.5.